The van der Waals surface area contributed by atoms with Crippen LogP contribution in [0.4, 0.5) is 0 Å². The molecule has 0 aliphatic heterocycles. The van der Waals surface area contributed by atoms with Gasteiger partial charge in [0.25, 0.3) is 0 Å². The summed E-state index contributed by atoms with van der Waals surface area (Å²) in [7, 11) is 0. The second-order valence-electron chi connectivity index (χ2n) is 10.9. The second-order valence-corrected chi connectivity index (χ2v) is 10.9. The van der Waals surface area contributed by atoms with Crippen LogP contribution in [0.15, 0.2) is 162 Å². The summed E-state index contributed by atoms with van der Waals surface area (Å²) in [4.78, 5) is 0. The SMILES string of the molecule is [2H]c1c([2H])c([2H])c(-c2cccc3c2oc2ccc(-c4c5ccccc5c(-c5cccc6ccccc56)c5ccccc45)cc23)c([2H])c1[2H]. The van der Waals surface area contributed by atoms with E-state index in [0.29, 0.717) is 16.7 Å². The highest BCUT2D eigenvalue weighted by Crippen LogP contribution is 2.46. The van der Waals surface area contributed by atoms with Crippen LogP contribution in [0.2, 0.25) is 0 Å². The van der Waals surface area contributed by atoms with Gasteiger partial charge in [0.05, 0.1) is 6.85 Å². The molecule has 0 aliphatic carbocycles. The number of benzene rings is 8. The first-order valence-electron chi connectivity index (χ1n) is 16.9. The van der Waals surface area contributed by atoms with E-state index in [1.165, 1.54) is 32.7 Å². The van der Waals surface area contributed by atoms with Crippen LogP contribution in [0.5, 0.6) is 0 Å². The van der Waals surface area contributed by atoms with Gasteiger partial charge in [-0.1, -0.05) is 145 Å². The van der Waals surface area contributed by atoms with E-state index in [4.69, 9.17) is 11.3 Å². The van der Waals surface area contributed by atoms with Crippen molar-refractivity contribution in [2.45, 2.75) is 0 Å². The summed E-state index contributed by atoms with van der Waals surface area (Å²) in [5.41, 5.74) is 6.32. The smallest absolute Gasteiger partial charge is 0.143 e. The molecular weight excluding hydrogens is 520 g/mol. The minimum absolute atomic E-state index is 0.131. The van der Waals surface area contributed by atoms with E-state index in [-0.39, 0.29) is 29.7 Å². The average Bonchev–Trinajstić information content (AvgIpc) is 3.51. The molecule has 0 atom stereocenters. The van der Waals surface area contributed by atoms with E-state index in [1.54, 1.807) is 6.07 Å². The van der Waals surface area contributed by atoms with Gasteiger partial charge in [-0.2, -0.15) is 0 Å². The highest BCUT2D eigenvalue weighted by molar-refractivity contribution is 6.24. The molecule has 1 heteroatoms. The predicted molar refractivity (Wildman–Crippen MR) is 183 cm³/mol. The first kappa shape index (κ1) is 19.5. The Balaban J connectivity index is 1.33. The number of furan rings is 1. The Morgan fingerprint density at radius 1 is 0.419 bits per heavy atom. The van der Waals surface area contributed by atoms with Crippen LogP contribution >= 0.6 is 0 Å². The van der Waals surface area contributed by atoms with Gasteiger partial charge in [-0.15, -0.1) is 0 Å². The van der Waals surface area contributed by atoms with E-state index >= 15 is 0 Å². The van der Waals surface area contributed by atoms with E-state index in [1.807, 2.05) is 18.2 Å². The molecule has 9 rings (SSSR count). The molecule has 0 fully saturated rings. The molecule has 0 radical (unpaired) electrons. The minimum Gasteiger partial charge on any atom is -0.455 e. The van der Waals surface area contributed by atoms with Crippen molar-refractivity contribution >= 4 is 54.3 Å². The number of para-hydroxylation sites is 1. The number of hydrogen-bond donors (Lipinski definition) is 0. The molecule has 9 aromatic rings. The fraction of sp³-hybridized carbons (Fsp3) is 0. The summed E-state index contributed by atoms with van der Waals surface area (Å²) in [6.45, 7) is 0. The lowest BCUT2D eigenvalue weighted by atomic mass is 9.84. The lowest BCUT2D eigenvalue weighted by molar-refractivity contribution is 0.670. The third-order valence-corrected chi connectivity index (χ3v) is 8.55. The molecule has 0 amide bonds. The minimum atomic E-state index is -0.416. The van der Waals surface area contributed by atoms with Gasteiger partial charge >= 0.3 is 0 Å². The molecule has 0 unspecified atom stereocenters. The van der Waals surface area contributed by atoms with E-state index in [0.717, 1.165) is 32.7 Å². The van der Waals surface area contributed by atoms with Crippen LogP contribution in [0, 0.1) is 0 Å². The lowest BCUT2D eigenvalue weighted by Gasteiger charge is -2.18. The molecule has 200 valence electrons. The van der Waals surface area contributed by atoms with Gasteiger partial charge in [0.1, 0.15) is 11.2 Å². The van der Waals surface area contributed by atoms with Crippen LogP contribution in [0.1, 0.15) is 6.85 Å². The second kappa shape index (κ2) is 9.44. The van der Waals surface area contributed by atoms with Gasteiger partial charge in [0.15, 0.2) is 0 Å². The molecule has 43 heavy (non-hydrogen) atoms. The zero-order valence-corrected chi connectivity index (χ0v) is 23.0. The third kappa shape index (κ3) is 3.65. The van der Waals surface area contributed by atoms with E-state index in [2.05, 4.69) is 103 Å². The van der Waals surface area contributed by atoms with Gasteiger partial charge in [-0.25, -0.2) is 0 Å². The number of rotatable bonds is 3. The maximum absolute atomic E-state index is 8.59. The summed E-state index contributed by atoms with van der Waals surface area (Å²) in [6.07, 6.45) is 0. The van der Waals surface area contributed by atoms with Crippen molar-refractivity contribution in [3.05, 3.63) is 158 Å². The quantitative estimate of drug-likeness (QED) is 0.199. The molecule has 1 heterocycles. The monoisotopic (exact) mass is 551 g/mol. The molecule has 1 aromatic heterocycles. The van der Waals surface area contributed by atoms with Gasteiger partial charge in [-0.3, -0.25) is 0 Å². The van der Waals surface area contributed by atoms with Crippen molar-refractivity contribution in [1.29, 1.82) is 0 Å². The van der Waals surface area contributed by atoms with Gasteiger partial charge < -0.3 is 4.42 Å². The molecule has 0 saturated carbocycles. The van der Waals surface area contributed by atoms with E-state index < -0.39 is 6.04 Å². The van der Waals surface area contributed by atoms with Crippen molar-refractivity contribution in [2.75, 3.05) is 0 Å². The fourth-order valence-electron chi connectivity index (χ4n) is 6.71. The van der Waals surface area contributed by atoms with Crippen molar-refractivity contribution in [3.63, 3.8) is 0 Å². The van der Waals surface area contributed by atoms with Gasteiger partial charge in [0, 0.05) is 16.3 Å². The highest BCUT2D eigenvalue weighted by Gasteiger charge is 2.19. The van der Waals surface area contributed by atoms with Crippen LogP contribution in [0.3, 0.4) is 0 Å². The topological polar surface area (TPSA) is 13.1 Å². The summed E-state index contributed by atoms with van der Waals surface area (Å²) in [6, 6.07) is 42.3. The lowest BCUT2D eigenvalue weighted by Crippen LogP contribution is -1.91. The predicted octanol–water partition coefficient (Wildman–Crippen LogP) is 12.0. The maximum Gasteiger partial charge on any atom is 0.143 e. The Morgan fingerprint density at radius 3 is 1.74 bits per heavy atom. The largest absolute Gasteiger partial charge is 0.455 e. The molecule has 0 N–H and O–H groups in total. The van der Waals surface area contributed by atoms with Crippen LogP contribution < -0.4 is 0 Å². The maximum atomic E-state index is 8.59. The van der Waals surface area contributed by atoms with Crippen molar-refractivity contribution in [1.82, 2.24) is 0 Å². The summed E-state index contributed by atoms with van der Waals surface area (Å²) >= 11 is 0. The standard InChI is InChI=1S/C42H26O/c1-2-12-28(13-3-1)31-21-11-23-37-38-26-29(24-25-39(38)43-42(31)37)40-33-17-6-8-19-35(33)41(36-20-9-7-18-34(36)40)32-22-10-15-27-14-4-5-16-30(27)32/h1-26H/i1D,2D,3D,12D,13D. The van der Waals surface area contributed by atoms with Crippen molar-refractivity contribution in [3.8, 4) is 33.4 Å². The molecule has 0 aliphatic rings. The summed E-state index contributed by atoms with van der Waals surface area (Å²) in [5.74, 6) is 0. The zero-order chi connectivity index (χ0) is 32.7. The average molecular weight is 552 g/mol. The zero-order valence-electron chi connectivity index (χ0n) is 28.0. The first-order valence-corrected chi connectivity index (χ1v) is 14.4. The summed E-state index contributed by atoms with van der Waals surface area (Å²) < 4.78 is 48.1. The Morgan fingerprint density at radius 2 is 1.00 bits per heavy atom. The first-order chi connectivity index (χ1) is 23.4. The molecule has 8 aromatic carbocycles. The summed E-state index contributed by atoms with van der Waals surface area (Å²) in [5, 5.41) is 8.75. The van der Waals surface area contributed by atoms with Crippen LogP contribution in [-0.2, 0) is 0 Å². The van der Waals surface area contributed by atoms with Crippen LogP contribution in [0.25, 0.3) is 87.6 Å². The Hall–Kier alpha value is -5.66. The third-order valence-electron chi connectivity index (χ3n) is 8.55. The molecule has 0 bridgehead atoms. The van der Waals surface area contributed by atoms with Gasteiger partial charge in [-0.05, 0) is 72.3 Å². The fourth-order valence-corrected chi connectivity index (χ4v) is 6.71. The Bertz CT molecular complexity index is 2700. The molecular formula is C42H26O. The molecule has 0 spiro atoms. The normalized spacial score (nSPS) is 13.3. The number of hydrogen-bond acceptors (Lipinski definition) is 1. The Labute approximate surface area is 256 Å². The van der Waals surface area contributed by atoms with Gasteiger partial charge in [0.2, 0.25) is 0 Å². The molecule has 0 saturated heterocycles. The highest BCUT2D eigenvalue weighted by atomic mass is 16.3. The van der Waals surface area contributed by atoms with Crippen LogP contribution in [-0.4, -0.2) is 0 Å². The van der Waals surface area contributed by atoms with Crippen molar-refractivity contribution < 1.29 is 11.3 Å². The van der Waals surface area contributed by atoms with Crippen molar-refractivity contribution in [2.24, 2.45) is 0 Å². The molecule has 1 nitrogen and oxygen atoms in total. The Kier molecular flexibility index (Phi) is 4.27. The number of fused-ring (bicyclic) bond motifs is 6. The van der Waals surface area contributed by atoms with E-state index in [9.17, 15) is 0 Å².